The number of fused-ring (bicyclic) bond motifs is 4. The maximum absolute atomic E-state index is 13.8. The van der Waals surface area contributed by atoms with Crippen molar-refractivity contribution in [3.63, 3.8) is 0 Å². The minimum atomic E-state index is -0.353. The van der Waals surface area contributed by atoms with Crippen LogP contribution < -0.4 is 5.32 Å². The van der Waals surface area contributed by atoms with Gasteiger partial charge in [0.15, 0.2) is 5.82 Å². The van der Waals surface area contributed by atoms with Crippen LogP contribution in [0.2, 0.25) is 0 Å². The summed E-state index contributed by atoms with van der Waals surface area (Å²) in [5.74, 6) is 0.900. The summed E-state index contributed by atoms with van der Waals surface area (Å²) in [7, 11) is 2.19. The highest BCUT2D eigenvalue weighted by Gasteiger charge is 2.38. The molecule has 0 saturated carbocycles. The van der Waals surface area contributed by atoms with Gasteiger partial charge in [0.1, 0.15) is 17.6 Å². The Balaban J connectivity index is 1.31. The van der Waals surface area contributed by atoms with E-state index in [0.717, 1.165) is 70.9 Å². The van der Waals surface area contributed by atoms with E-state index in [9.17, 15) is 4.39 Å². The molecule has 5 heterocycles. The molecule has 7 nitrogen and oxygen atoms in total. The minimum Gasteiger partial charge on any atom is -0.373 e. The average Bonchev–Trinajstić information content (AvgIpc) is 3.33. The molecule has 0 spiro atoms. The van der Waals surface area contributed by atoms with Crippen molar-refractivity contribution < 1.29 is 4.39 Å². The molecule has 1 aliphatic carbocycles. The number of H-pyrrole nitrogens is 2. The third kappa shape index (κ3) is 3.17. The van der Waals surface area contributed by atoms with E-state index in [1.807, 2.05) is 18.2 Å². The van der Waals surface area contributed by atoms with Crippen molar-refractivity contribution in [2.45, 2.75) is 18.9 Å². The lowest BCUT2D eigenvalue weighted by Gasteiger charge is -2.30. The fourth-order valence-electron chi connectivity index (χ4n) is 5.28. The zero-order valence-electron chi connectivity index (χ0n) is 18.8. The summed E-state index contributed by atoms with van der Waals surface area (Å²) in [4.78, 5) is 15.1. The standard InChI is InChI=1S/C26H24FN7/c1-34-8-6-14(7-9-34)18-3-5-21-24(29-21)25-22(18)30-26(31-25)23-19-11-15(2-4-20(19)32-33-23)16-10-17(27)13-28-12-16/h2-5,10-14,24,29H,6-9H2,1H3,(H,30,31)(H,32,33). The number of benzene rings is 1. The van der Waals surface area contributed by atoms with Crippen LogP contribution in [0.4, 0.5) is 4.39 Å². The molecule has 4 aromatic rings. The van der Waals surface area contributed by atoms with Gasteiger partial charge >= 0.3 is 0 Å². The van der Waals surface area contributed by atoms with Gasteiger partial charge in [-0.1, -0.05) is 12.1 Å². The van der Waals surface area contributed by atoms with E-state index < -0.39 is 0 Å². The first-order valence-corrected chi connectivity index (χ1v) is 11.7. The predicted molar refractivity (Wildman–Crippen MR) is 129 cm³/mol. The van der Waals surface area contributed by atoms with Crippen molar-refractivity contribution in [3.05, 3.63) is 71.7 Å². The van der Waals surface area contributed by atoms with Crippen LogP contribution in [0, 0.1) is 11.7 Å². The van der Waals surface area contributed by atoms with Crippen LogP contribution in [0.5, 0.6) is 0 Å². The van der Waals surface area contributed by atoms with Crippen LogP contribution in [0.1, 0.15) is 30.3 Å². The third-order valence-corrected chi connectivity index (χ3v) is 7.26. The van der Waals surface area contributed by atoms with E-state index >= 15 is 0 Å². The number of allylic oxidation sites excluding steroid dienone is 3. The summed E-state index contributed by atoms with van der Waals surface area (Å²) in [6.45, 7) is 2.21. The van der Waals surface area contributed by atoms with Gasteiger partial charge in [-0.2, -0.15) is 5.10 Å². The fraction of sp³-hybridized carbons (Fsp3) is 0.269. The van der Waals surface area contributed by atoms with Gasteiger partial charge in [0.2, 0.25) is 0 Å². The van der Waals surface area contributed by atoms with Crippen molar-refractivity contribution in [2.24, 2.45) is 5.92 Å². The van der Waals surface area contributed by atoms with Gasteiger partial charge in [-0.3, -0.25) is 10.1 Å². The predicted octanol–water partition coefficient (Wildman–Crippen LogP) is 4.42. The van der Waals surface area contributed by atoms with Gasteiger partial charge < -0.3 is 15.2 Å². The third-order valence-electron chi connectivity index (χ3n) is 7.26. The van der Waals surface area contributed by atoms with Crippen molar-refractivity contribution in [1.82, 2.24) is 35.4 Å². The number of piperidine rings is 1. The SMILES string of the molecule is CN1CCC(C2=CC=C3NC3c3[nH]c(-c4n[nH]c5ccc(-c6cncc(F)c6)cc45)nc32)CC1. The zero-order valence-corrected chi connectivity index (χ0v) is 18.8. The Labute approximate surface area is 195 Å². The molecule has 7 rings (SSSR count). The number of likely N-dealkylation sites (tertiary alicyclic amines) is 1. The summed E-state index contributed by atoms with van der Waals surface area (Å²) in [5, 5.41) is 12.1. The highest BCUT2D eigenvalue weighted by Crippen LogP contribution is 2.44. The van der Waals surface area contributed by atoms with Crippen LogP contribution >= 0.6 is 0 Å². The summed E-state index contributed by atoms with van der Waals surface area (Å²) >= 11 is 0. The monoisotopic (exact) mass is 453 g/mol. The van der Waals surface area contributed by atoms with E-state index in [-0.39, 0.29) is 11.9 Å². The molecule has 8 heteroatoms. The summed E-state index contributed by atoms with van der Waals surface area (Å²) in [5.41, 5.74) is 8.00. The highest BCUT2D eigenvalue weighted by atomic mass is 19.1. The molecule has 34 heavy (non-hydrogen) atoms. The lowest BCUT2D eigenvalue weighted by molar-refractivity contribution is 0.248. The number of aromatic amines is 2. The Hall–Kier alpha value is -3.78. The van der Waals surface area contributed by atoms with E-state index in [4.69, 9.17) is 4.98 Å². The smallest absolute Gasteiger partial charge is 0.159 e. The Bertz CT molecular complexity index is 1490. The molecule has 1 unspecified atom stereocenters. The topological polar surface area (TPSA) is 95.4 Å². The number of nitrogens with one attached hydrogen (secondary N) is 3. The average molecular weight is 454 g/mol. The molecule has 0 amide bonds. The van der Waals surface area contributed by atoms with E-state index in [0.29, 0.717) is 5.92 Å². The molecule has 3 aliphatic rings. The Morgan fingerprint density at radius 2 is 1.91 bits per heavy atom. The summed E-state index contributed by atoms with van der Waals surface area (Å²) in [6.07, 6.45) is 9.63. The molecule has 0 radical (unpaired) electrons. The Morgan fingerprint density at radius 1 is 1.03 bits per heavy atom. The second-order valence-corrected chi connectivity index (χ2v) is 9.47. The van der Waals surface area contributed by atoms with Crippen molar-refractivity contribution in [3.8, 4) is 22.6 Å². The molecule has 1 aromatic carbocycles. The number of pyridine rings is 1. The normalized spacial score (nSPS) is 20.2. The highest BCUT2D eigenvalue weighted by molar-refractivity contribution is 5.94. The number of rotatable bonds is 3. The molecule has 2 aliphatic heterocycles. The maximum atomic E-state index is 13.8. The number of imidazole rings is 1. The second kappa shape index (κ2) is 7.36. The second-order valence-electron chi connectivity index (χ2n) is 9.47. The molecule has 1 atom stereocenters. The Morgan fingerprint density at radius 3 is 2.76 bits per heavy atom. The summed E-state index contributed by atoms with van der Waals surface area (Å²) < 4.78 is 13.8. The van der Waals surface area contributed by atoms with Gasteiger partial charge in [0.25, 0.3) is 0 Å². The first-order chi connectivity index (χ1) is 16.6. The molecular formula is C26H24FN7. The maximum Gasteiger partial charge on any atom is 0.159 e. The zero-order chi connectivity index (χ0) is 22.8. The lowest BCUT2D eigenvalue weighted by atomic mass is 9.86. The number of hydrogen-bond donors (Lipinski definition) is 3. The van der Waals surface area contributed by atoms with Gasteiger partial charge in [-0.05, 0) is 74.3 Å². The first kappa shape index (κ1) is 19.7. The van der Waals surface area contributed by atoms with Crippen LogP contribution in [-0.4, -0.2) is 50.2 Å². The number of hydrogen-bond acceptors (Lipinski definition) is 5. The Kier molecular flexibility index (Phi) is 4.26. The van der Waals surface area contributed by atoms with Gasteiger partial charge in [0.05, 0.1) is 23.1 Å². The minimum absolute atomic E-state index is 0.190. The number of halogens is 1. The molecular weight excluding hydrogens is 429 g/mol. The van der Waals surface area contributed by atoms with Gasteiger partial charge in [-0.25, -0.2) is 9.37 Å². The van der Waals surface area contributed by atoms with Crippen LogP contribution in [0.3, 0.4) is 0 Å². The van der Waals surface area contributed by atoms with E-state index in [1.54, 1.807) is 6.20 Å². The van der Waals surface area contributed by atoms with Gasteiger partial charge in [0, 0.05) is 22.8 Å². The van der Waals surface area contributed by atoms with Crippen LogP contribution in [0.15, 0.2) is 54.5 Å². The number of nitrogens with zero attached hydrogens (tertiary/aromatic N) is 4. The largest absolute Gasteiger partial charge is 0.373 e. The van der Waals surface area contributed by atoms with E-state index in [1.165, 1.54) is 23.5 Å². The first-order valence-electron chi connectivity index (χ1n) is 11.7. The van der Waals surface area contributed by atoms with Crippen LogP contribution in [0.25, 0.3) is 39.1 Å². The molecule has 3 N–H and O–H groups in total. The molecule has 170 valence electrons. The van der Waals surface area contributed by atoms with Gasteiger partial charge in [-0.15, -0.1) is 0 Å². The van der Waals surface area contributed by atoms with E-state index in [2.05, 4.69) is 49.6 Å². The van der Waals surface area contributed by atoms with Crippen molar-refractivity contribution in [2.75, 3.05) is 20.1 Å². The van der Waals surface area contributed by atoms with Crippen molar-refractivity contribution in [1.29, 1.82) is 0 Å². The molecule has 0 bridgehead atoms. The molecule has 2 saturated heterocycles. The molecule has 2 fully saturated rings. The fourth-order valence-corrected chi connectivity index (χ4v) is 5.28. The lowest BCUT2D eigenvalue weighted by Crippen LogP contribution is -2.30. The molecule has 3 aromatic heterocycles. The van der Waals surface area contributed by atoms with Crippen LogP contribution in [-0.2, 0) is 0 Å². The van der Waals surface area contributed by atoms with Crippen molar-refractivity contribution >= 4 is 16.5 Å². The number of aromatic nitrogens is 5. The summed E-state index contributed by atoms with van der Waals surface area (Å²) in [6, 6.07) is 7.62. The quantitative estimate of drug-likeness (QED) is 0.399.